The summed E-state index contributed by atoms with van der Waals surface area (Å²) < 4.78 is 11.2. The van der Waals surface area contributed by atoms with E-state index in [0.29, 0.717) is 0 Å². The zero-order chi connectivity index (χ0) is 13.2. The van der Waals surface area contributed by atoms with E-state index in [2.05, 4.69) is 10.3 Å². The lowest BCUT2D eigenvalue weighted by Gasteiger charge is -2.09. The number of hydrogen-bond acceptors (Lipinski definition) is 5. The van der Waals surface area contributed by atoms with E-state index >= 15 is 0 Å². The van der Waals surface area contributed by atoms with E-state index in [0.717, 1.165) is 27.6 Å². The zero-order valence-electron chi connectivity index (χ0n) is 10.7. The van der Waals surface area contributed by atoms with Gasteiger partial charge in [0, 0.05) is 17.0 Å². The first-order chi connectivity index (χ1) is 9.28. The molecule has 0 fully saturated rings. The van der Waals surface area contributed by atoms with E-state index in [9.17, 15) is 0 Å². The van der Waals surface area contributed by atoms with Gasteiger partial charge in [0.25, 0.3) is 0 Å². The molecule has 2 heterocycles. The van der Waals surface area contributed by atoms with Crippen LogP contribution in [0.15, 0.2) is 40.3 Å². The Hall–Kier alpha value is -2.01. The maximum Gasteiger partial charge on any atom is 0.183 e. The lowest BCUT2D eigenvalue weighted by molar-refractivity contribution is 0.406. The normalized spacial score (nSPS) is 12.5. The molecular formula is C14H14N2O2S. The number of furan rings is 1. The molecule has 98 valence electrons. The summed E-state index contributed by atoms with van der Waals surface area (Å²) in [6.07, 6.45) is 1.78. The Morgan fingerprint density at radius 3 is 3.05 bits per heavy atom. The van der Waals surface area contributed by atoms with Gasteiger partial charge in [-0.05, 0) is 19.1 Å². The smallest absolute Gasteiger partial charge is 0.183 e. The summed E-state index contributed by atoms with van der Waals surface area (Å²) in [6.45, 7) is 2.05. The van der Waals surface area contributed by atoms with Gasteiger partial charge in [0.2, 0.25) is 0 Å². The van der Waals surface area contributed by atoms with Gasteiger partial charge in [-0.3, -0.25) is 0 Å². The highest BCUT2D eigenvalue weighted by Gasteiger charge is 2.14. The van der Waals surface area contributed by atoms with Crippen molar-refractivity contribution >= 4 is 27.4 Å². The van der Waals surface area contributed by atoms with E-state index in [1.165, 1.54) is 0 Å². The van der Waals surface area contributed by atoms with E-state index in [-0.39, 0.29) is 6.04 Å². The van der Waals surface area contributed by atoms with Crippen molar-refractivity contribution in [2.75, 3.05) is 12.4 Å². The van der Waals surface area contributed by atoms with Crippen LogP contribution in [0.5, 0.6) is 5.75 Å². The number of anilines is 1. The second kappa shape index (κ2) is 4.93. The maximum absolute atomic E-state index is 5.89. The van der Waals surface area contributed by atoms with Crippen molar-refractivity contribution in [3.8, 4) is 5.75 Å². The third kappa shape index (κ3) is 2.29. The fourth-order valence-corrected chi connectivity index (χ4v) is 2.60. The van der Waals surface area contributed by atoms with Gasteiger partial charge in [0.05, 0.1) is 13.2 Å². The molecular weight excluding hydrogens is 260 g/mol. The van der Waals surface area contributed by atoms with Crippen LogP contribution in [-0.2, 0) is 0 Å². The number of nitrogens with one attached hydrogen (secondary N) is 1. The molecule has 1 atom stereocenters. The molecule has 19 heavy (non-hydrogen) atoms. The minimum atomic E-state index is 0.0586. The van der Waals surface area contributed by atoms with Crippen molar-refractivity contribution in [1.82, 2.24) is 4.98 Å². The molecule has 0 aliphatic heterocycles. The summed E-state index contributed by atoms with van der Waals surface area (Å²) in [7, 11) is 1.65. The second-order valence-electron chi connectivity index (χ2n) is 4.23. The Bertz CT molecular complexity index is 676. The number of benzene rings is 1. The number of thiazole rings is 1. The molecule has 5 heteroatoms. The molecule has 3 rings (SSSR count). The van der Waals surface area contributed by atoms with Crippen LogP contribution >= 0.6 is 11.3 Å². The number of aromatic nitrogens is 1. The third-order valence-electron chi connectivity index (χ3n) is 2.95. The van der Waals surface area contributed by atoms with Crippen molar-refractivity contribution in [1.29, 1.82) is 0 Å². The molecule has 1 N–H and O–H groups in total. The van der Waals surface area contributed by atoms with E-state index in [4.69, 9.17) is 9.15 Å². The minimum absolute atomic E-state index is 0.0586. The molecule has 0 saturated heterocycles. The second-order valence-corrected chi connectivity index (χ2v) is 5.13. The largest absolute Gasteiger partial charge is 0.493 e. The van der Waals surface area contributed by atoms with Crippen molar-refractivity contribution in [2.24, 2.45) is 0 Å². The summed E-state index contributed by atoms with van der Waals surface area (Å²) in [5.41, 5.74) is 0.785. The first kappa shape index (κ1) is 12.0. The third-order valence-corrected chi connectivity index (χ3v) is 3.65. The zero-order valence-corrected chi connectivity index (χ0v) is 11.5. The molecule has 4 nitrogen and oxygen atoms in total. The first-order valence-electron chi connectivity index (χ1n) is 6.00. The SMILES string of the molecule is COc1cccc2cc(C(C)Nc3nccs3)oc12. The number of hydrogen-bond donors (Lipinski definition) is 1. The highest BCUT2D eigenvalue weighted by Crippen LogP contribution is 2.32. The van der Waals surface area contributed by atoms with Crippen LogP contribution in [0.1, 0.15) is 18.7 Å². The lowest BCUT2D eigenvalue weighted by atomic mass is 10.2. The molecule has 2 aromatic heterocycles. The van der Waals surface area contributed by atoms with Crippen LogP contribution in [-0.4, -0.2) is 12.1 Å². The van der Waals surface area contributed by atoms with Crippen molar-refractivity contribution in [3.63, 3.8) is 0 Å². The van der Waals surface area contributed by atoms with Crippen LogP contribution in [0.4, 0.5) is 5.13 Å². The van der Waals surface area contributed by atoms with Crippen molar-refractivity contribution < 1.29 is 9.15 Å². The average Bonchev–Trinajstić information content (AvgIpc) is 3.06. The minimum Gasteiger partial charge on any atom is -0.493 e. The Labute approximate surface area is 115 Å². The number of nitrogens with zero attached hydrogens (tertiary/aromatic N) is 1. The number of fused-ring (bicyclic) bond motifs is 1. The summed E-state index contributed by atoms with van der Waals surface area (Å²) in [6, 6.07) is 7.96. The topological polar surface area (TPSA) is 47.3 Å². The van der Waals surface area contributed by atoms with Crippen LogP contribution < -0.4 is 10.1 Å². The Morgan fingerprint density at radius 1 is 1.42 bits per heavy atom. The summed E-state index contributed by atoms with van der Waals surface area (Å²) >= 11 is 1.57. The van der Waals surface area contributed by atoms with Crippen LogP contribution in [0.3, 0.4) is 0 Å². The molecule has 0 aliphatic carbocycles. The maximum atomic E-state index is 5.89. The van der Waals surface area contributed by atoms with Gasteiger partial charge in [0.15, 0.2) is 16.5 Å². The lowest BCUT2D eigenvalue weighted by Crippen LogP contribution is -2.04. The molecule has 1 unspecified atom stereocenters. The highest BCUT2D eigenvalue weighted by atomic mass is 32.1. The molecule has 0 bridgehead atoms. The molecule has 0 aliphatic rings. The molecule has 0 amide bonds. The van der Waals surface area contributed by atoms with Gasteiger partial charge in [0.1, 0.15) is 5.76 Å². The first-order valence-corrected chi connectivity index (χ1v) is 6.88. The molecule has 3 aromatic rings. The number of methoxy groups -OCH3 is 1. The number of ether oxygens (including phenoxy) is 1. The molecule has 1 aromatic carbocycles. The van der Waals surface area contributed by atoms with Crippen molar-refractivity contribution in [3.05, 3.63) is 41.6 Å². The van der Waals surface area contributed by atoms with Gasteiger partial charge < -0.3 is 14.5 Å². The Morgan fingerprint density at radius 2 is 2.32 bits per heavy atom. The fraction of sp³-hybridized carbons (Fsp3) is 0.214. The Balaban J connectivity index is 1.92. The quantitative estimate of drug-likeness (QED) is 0.779. The number of rotatable bonds is 4. The standard InChI is InChI=1S/C14H14N2O2S/c1-9(16-14-15-6-7-19-14)12-8-10-4-3-5-11(17-2)13(10)18-12/h3-9H,1-2H3,(H,15,16). The molecule has 0 spiro atoms. The van der Waals surface area contributed by atoms with Gasteiger partial charge in [-0.25, -0.2) is 4.98 Å². The fourth-order valence-electron chi connectivity index (χ4n) is 1.98. The summed E-state index contributed by atoms with van der Waals surface area (Å²) in [5.74, 6) is 1.62. The van der Waals surface area contributed by atoms with Gasteiger partial charge in [-0.15, -0.1) is 11.3 Å². The summed E-state index contributed by atoms with van der Waals surface area (Å²) in [4.78, 5) is 4.21. The molecule has 0 saturated carbocycles. The van der Waals surface area contributed by atoms with Crippen LogP contribution in [0.2, 0.25) is 0 Å². The van der Waals surface area contributed by atoms with Gasteiger partial charge >= 0.3 is 0 Å². The van der Waals surface area contributed by atoms with Gasteiger partial charge in [-0.1, -0.05) is 12.1 Å². The average molecular weight is 274 g/mol. The predicted molar refractivity (Wildman–Crippen MR) is 76.9 cm³/mol. The van der Waals surface area contributed by atoms with E-state index in [1.54, 1.807) is 24.6 Å². The van der Waals surface area contributed by atoms with E-state index < -0.39 is 0 Å². The summed E-state index contributed by atoms with van der Waals surface area (Å²) in [5, 5.41) is 7.18. The van der Waals surface area contributed by atoms with E-state index in [1.807, 2.05) is 36.6 Å². The van der Waals surface area contributed by atoms with Gasteiger partial charge in [-0.2, -0.15) is 0 Å². The van der Waals surface area contributed by atoms with Crippen LogP contribution in [0, 0.1) is 0 Å². The molecule has 0 radical (unpaired) electrons. The Kier molecular flexibility index (Phi) is 3.13. The highest BCUT2D eigenvalue weighted by molar-refractivity contribution is 7.13. The monoisotopic (exact) mass is 274 g/mol. The van der Waals surface area contributed by atoms with Crippen molar-refractivity contribution in [2.45, 2.75) is 13.0 Å². The number of para-hydroxylation sites is 1. The van der Waals surface area contributed by atoms with Crippen LogP contribution in [0.25, 0.3) is 11.0 Å². The predicted octanol–water partition coefficient (Wildman–Crippen LogP) is 4.07.